The fourth-order valence-corrected chi connectivity index (χ4v) is 0.402. The van der Waals surface area contributed by atoms with Crippen molar-refractivity contribution in [3.8, 4) is 0 Å². The zero-order valence-electron chi connectivity index (χ0n) is 7.16. The van der Waals surface area contributed by atoms with Gasteiger partial charge >= 0.3 is 11.9 Å². The number of carbonyl (C=O) groups excluding carboxylic acids is 1. The van der Waals surface area contributed by atoms with E-state index < -0.39 is 17.4 Å². The minimum atomic E-state index is -1.48. The summed E-state index contributed by atoms with van der Waals surface area (Å²) < 4.78 is 4.58. The van der Waals surface area contributed by atoms with Crippen molar-refractivity contribution < 1.29 is 19.4 Å². The van der Waals surface area contributed by atoms with Gasteiger partial charge in [-0.1, -0.05) is 12.7 Å². The van der Waals surface area contributed by atoms with Crippen LogP contribution in [0, 0.1) is 5.41 Å². The molecular formula is C8H12O4. The van der Waals surface area contributed by atoms with E-state index in [0.29, 0.717) is 0 Å². The molecule has 68 valence electrons. The quantitative estimate of drug-likeness (QED) is 0.387. The zero-order chi connectivity index (χ0) is 9.78. The van der Waals surface area contributed by atoms with Gasteiger partial charge in [0.2, 0.25) is 0 Å². The van der Waals surface area contributed by atoms with Gasteiger partial charge in [-0.05, 0) is 13.8 Å². The van der Waals surface area contributed by atoms with Gasteiger partial charge in [-0.3, -0.25) is 9.59 Å². The predicted octanol–water partition coefficient (Wildman–Crippen LogP) is 0.826. The lowest BCUT2D eigenvalue weighted by molar-refractivity contribution is -0.165. The van der Waals surface area contributed by atoms with Crippen LogP contribution in [-0.4, -0.2) is 23.7 Å². The van der Waals surface area contributed by atoms with E-state index in [4.69, 9.17) is 5.11 Å². The van der Waals surface area contributed by atoms with Crippen LogP contribution in [0.4, 0.5) is 0 Å². The van der Waals surface area contributed by atoms with Crippen LogP contribution in [0.1, 0.15) is 13.8 Å². The van der Waals surface area contributed by atoms with Crippen LogP contribution in [0.2, 0.25) is 0 Å². The lowest BCUT2D eigenvalue weighted by Crippen LogP contribution is -2.34. The number of carboxylic acids is 1. The Labute approximate surface area is 70.8 Å². The maximum absolute atomic E-state index is 11.0. The van der Waals surface area contributed by atoms with Crippen LogP contribution >= 0.6 is 0 Å². The molecule has 0 atom stereocenters. The van der Waals surface area contributed by atoms with Gasteiger partial charge in [-0.25, -0.2) is 0 Å². The molecule has 0 rings (SSSR count). The molecule has 1 N–H and O–H groups in total. The summed E-state index contributed by atoms with van der Waals surface area (Å²) in [4.78, 5) is 21.5. The summed E-state index contributed by atoms with van der Waals surface area (Å²) in [5, 5.41) is 8.58. The van der Waals surface area contributed by atoms with E-state index in [2.05, 4.69) is 11.3 Å². The largest absolute Gasteiger partial charge is 0.480 e. The molecule has 0 heterocycles. The average Bonchev–Trinajstić information content (AvgIpc) is 1.99. The molecule has 0 saturated heterocycles. The lowest BCUT2D eigenvalue weighted by atomic mass is 9.94. The Morgan fingerprint density at radius 3 is 2.42 bits per heavy atom. The molecule has 4 heteroatoms. The van der Waals surface area contributed by atoms with Crippen LogP contribution in [0.5, 0.6) is 0 Å². The van der Waals surface area contributed by atoms with E-state index >= 15 is 0 Å². The van der Waals surface area contributed by atoms with Crippen molar-refractivity contribution in [2.24, 2.45) is 5.41 Å². The molecule has 0 radical (unpaired) electrons. The Bertz CT molecular complexity index is 205. The third-order valence-corrected chi connectivity index (χ3v) is 1.38. The Morgan fingerprint density at radius 2 is 2.08 bits per heavy atom. The molecule has 0 aromatic rings. The van der Waals surface area contributed by atoms with Crippen molar-refractivity contribution in [2.45, 2.75) is 13.8 Å². The maximum atomic E-state index is 11.0. The van der Waals surface area contributed by atoms with Gasteiger partial charge in [0.1, 0.15) is 6.61 Å². The van der Waals surface area contributed by atoms with Crippen molar-refractivity contribution in [3.63, 3.8) is 0 Å². The highest BCUT2D eigenvalue weighted by Gasteiger charge is 2.37. The van der Waals surface area contributed by atoms with Gasteiger partial charge in [-0.2, -0.15) is 0 Å². The van der Waals surface area contributed by atoms with Crippen molar-refractivity contribution in [1.82, 2.24) is 0 Å². The van der Waals surface area contributed by atoms with Gasteiger partial charge in [0, 0.05) is 0 Å². The monoisotopic (exact) mass is 172 g/mol. The first-order chi connectivity index (χ1) is 5.42. The molecule has 0 aromatic carbocycles. The molecule has 0 amide bonds. The molecule has 0 aliphatic carbocycles. The van der Waals surface area contributed by atoms with E-state index in [1.807, 2.05) is 0 Å². The minimum Gasteiger partial charge on any atom is -0.480 e. The summed E-state index contributed by atoms with van der Waals surface area (Å²) in [6.07, 6.45) is 1.38. The Balaban J connectivity index is 4.25. The Kier molecular flexibility index (Phi) is 3.47. The van der Waals surface area contributed by atoms with Crippen molar-refractivity contribution >= 4 is 11.9 Å². The molecule has 0 aliphatic rings. The van der Waals surface area contributed by atoms with E-state index in [1.54, 1.807) is 0 Å². The number of hydrogen-bond donors (Lipinski definition) is 1. The second kappa shape index (κ2) is 3.90. The second-order valence-corrected chi connectivity index (χ2v) is 2.82. The fourth-order valence-electron chi connectivity index (χ4n) is 0.402. The molecule has 4 nitrogen and oxygen atoms in total. The number of esters is 1. The number of aliphatic carboxylic acids is 1. The highest BCUT2D eigenvalue weighted by atomic mass is 16.5. The standard InChI is InChI=1S/C8H12O4/c1-4-5-12-7(11)8(2,3)6(9)10/h4H,1,5H2,2-3H3,(H,9,10). The fraction of sp³-hybridized carbons (Fsp3) is 0.500. The maximum Gasteiger partial charge on any atom is 0.323 e. The van der Waals surface area contributed by atoms with E-state index in [-0.39, 0.29) is 6.61 Å². The van der Waals surface area contributed by atoms with Gasteiger partial charge in [-0.15, -0.1) is 0 Å². The Morgan fingerprint density at radius 1 is 1.58 bits per heavy atom. The molecule has 0 aromatic heterocycles. The van der Waals surface area contributed by atoms with E-state index in [1.165, 1.54) is 19.9 Å². The van der Waals surface area contributed by atoms with E-state index in [9.17, 15) is 9.59 Å². The summed E-state index contributed by atoms with van der Waals surface area (Å²) in [6, 6.07) is 0. The average molecular weight is 172 g/mol. The molecule has 0 fully saturated rings. The van der Waals surface area contributed by atoms with Gasteiger partial charge < -0.3 is 9.84 Å². The number of rotatable bonds is 4. The summed E-state index contributed by atoms with van der Waals surface area (Å²) in [5.41, 5.74) is -1.48. The number of carboxylic acid groups (broad SMARTS) is 1. The highest BCUT2D eigenvalue weighted by molar-refractivity contribution is 5.98. The van der Waals surface area contributed by atoms with E-state index in [0.717, 1.165) is 0 Å². The van der Waals surface area contributed by atoms with Crippen LogP contribution < -0.4 is 0 Å². The van der Waals surface area contributed by atoms with Crippen molar-refractivity contribution in [3.05, 3.63) is 12.7 Å². The second-order valence-electron chi connectivity index (χ2n) is 2.82. The van der Waals surface area contributed by atoms with Gasteiger partial charge in [0.25, 0.3) is 0 Å². The summed E-state index contributed by atoms with van der Waals surface area (Å²) in [7, 11) is 0. The lowest BCUT2D eigenvalue weighted by Gasteiger charge is -2.16. The topological polar surface area (TPSA) is 63.6 Å². The number of ether oxygens (including phenoxy) is 1. The molecule has 0 saturated carbocycles. The predicted molar refractivity (Wildman–Crippen MR) is 42.6 cm³/mol. The molecule has 12 heavy (non-hydrogen) atoms. The first kappa shape index (κ1) is 10.7. The normalized spacial score (nSPS) is 10.5. The summed E-state index contributed by atoms with van der Waals surface area (Å²) >= 11 is 0. The number of carbonyl (C=O) groups is 2. The first-order valence-electron chi connectivity index (χ1n) is 3.44. The minimum absolute atomic E-state index is 0.0372. The highest BCUT2D eigenvalue weighted by Crippen LogP contribution is 2.16. The smallest absolute Gasteiger partial charge is 0.323 e. The third-order valence-electron chi connectivity index (χ3n) is 1.38. The third kappa shape index (κ3) is 2.38. The molecule has 0 spiro atoms. The van der Waals surface area contributed by atoms with Crippen LogP contribution in [0.15, 0.2) is 12.7 Å². The van der Waals surface area contributed by atoms with Crippen LogP contribution in [-0.2, 0) is 14.3 Å². The van der Waals surface area contributed by atoms with Crippen LogP contribution in [0.3, 0.4) is 0 Å². The van der Waals surface area contributed by atoms with Crippen LogP contribution in [0.25, 0.3) is 0 Å². The zero-order valence-corrected chi connectivity index (χ0v) is 7.16. The Hall–Kier alpha value is -1.32. The molecule has 0 bridgehead atoms. The molecular weight excluding hydrogens is 160 g/mol. The van der Waals surface area contributed by atoms with Crippen molar-refractivity contribution in [1.29, 1.82) is 0 Å². The van der Waals surface area contributed by atoms with Crippen molar-refractivity contribution in [2.75, 3.05) is 6.61 Å². The summed E-state index contributed by atoms with van der Waals surface area (Å²) in [6.45, 7) is 5.96. The van der Waals surface area contributed by atoms with Gasteiger partial charge in [0.05, 0.1) is 0 Å². The number of hydrogen-bond acceptors (Lipinski definition) is 3. The van der Waals surface area contributed by atoms with Gasteiger partial charge in [0.15, 0.2) is 5.41 Å². The molecule has 0 aliphatic heterocycles. The molecule has 0 unspecified atom stereocenters. The summed E-state index contributed by atoms with van der Waals surface area (Å²) in [5.74, 6) is -1.95. The SMILES string of the molecule is C=CCOC(=O)C(C)(C)C(=O)O. The first-order valence-corrected chi connectivity index (χ1v) is 3.44.